The zero-order valence-electron chi connectivity index (χ0n) is 12.5. The topological polar surface area (TPSA) is 89.0 Å². The molecule has 6 atom stereocenters. The predicted molar refractivity (Wildman–Crippen MR) is 75.4 cm³/mol. The molecule has 20 heavy (non-hydrogen) atoms. The second-order valence-corrected chi connectivity index (χ2v) is 6.02. The average Bonchev–Trinajstić information content (AvgIpc) is 3.04. The zero-order chi connectivity index (χ0) is 14.5. The van der Waals surface area contributed by atoms with Crippen molar-refractivity contribution >= 4 is 0 Å². The fourth-order valence-corrected chi connectivity index (χ4v) is 2.43. The van der Waals surface area contributed by atoms with Gasteiger partial charge >= 0.3 is 0 Å². The van der Waals surface area contributed by atoms with Crippen LogP contribution in [-0.4, -0.2) is 63.9 Å². The van der Waals surface area contributed by atoms with Crippen molar-refractivity contribution in [2.75, 3.05) is 39.5 Å². The third kappa shape index (κ3) is 3.90. The van der Waals surface area contributed by atoms with Crippen molar-refractivity contribution < 1.29 is 18.9 Å². The summed E-state index contributed by atoms with van der Waals surface area (Å²) in [6, 6.07) is 0. The van der Waals surface area contributed by atoms with Crippen LogP contribution in [-0.2, 0) is 18.9 Å². The monoisotopic (exact) mass is 288 g/mol. The van der Waals surface area contributed by atoms with Gasteiger partial charge in [0.25, 0.3) is 0 Å². The Bertz CT molecular complexity index is 264. The summed E-state index contributed by atoms with van der Waals surface area (Å²) in [6.07, 6.45) is -0.0413. The van der Waals surface area contributed by atoms with Crippen molar-refractivity contribution in [1.82, 2.24) is 0 Å². The van der Waals surface area contributed by atoms with Crippen LogP contribution in [0.4, 0.5) is 0 Å². The van der Waals surface area contributed by atoms with Crippen LogP contribution >= 0.6 is 0 Å². The van der Waals surface area contributed by atoms with Gasteiger partial charge in [-0.25, -0.2) is 0 Å². The SMILES string of the molecule is CC(CN)CO[C@H]1COC2C1OC[C@@H]2OCC(C)CN. The first-order valence-corrected chi connectivity index (χ1v) is 7.52. The molecular weight excluding hydrogens is 260 g/mol. The smallest absolute Gasteiger partial charge is 0.115 e. The Labute approximate surface area is 121 Å². The van der Waals surface area contributed by atoms with Gasteiger partial charge < -0.3 is 30.4 Å². The van der Waals surface area contributed by atoms with E-state index in [0.29, 0.717) is 51.4 Å². The Morgan fingerprint density at radius 2 is 1.30 bits per heavy atom. The van der Waals surface area contributed by atoms with Crippen LogP contribution in [0.15, 0.2) is 0 Å². The number of rotatable bonds is 8. The van der Waals surface area contributed by atoms with Crippen molar-refractivity contribution in [3.8, 4) is 0 Å². The molecule has 4 unspecified atom stereocenters. The molecule has 118 valence electrons. The maximum absolute atomic E-state index is 5.86. The molecule has 4 N–H and O–H groups in total. The maximum atomic E-state index is 5.86. The second-order valence-electron chi connectivity index (χ2n) is 6.02. The normalized spacial score (nSPS) is 36.0. The minimum absolute atomic E-state index is 0.00506. The Morgan fingerprint density at radius 3 is 1.65 bits per heavy atom. The van der Waals surface area contributed by atoms with E-state index in [2.05, 4.69) is 13.8 Å². The molecule has 2 heterocycles. The quantitative estimate of drug-likeness (QED) is 0.640. The van der Waals surface area contributed by atoms with E-state index in [-0.39, 0.29) is 24.4 Å². The minimum atomic E-state index is -0.0156. The van der Waals surface area contributed by atoms with Crippen LogP contribution in [0, 0.1) is 11.8 Å². The van der Waals surface area contributed by atoms with Crippen LogP contribution in [0.25, 0.3) is 0 Å². The van der Waals surface area contributed by atoms with E-state index in [1.54, 1.807) is 0 Å². The van der Waals surface area contributed by atoms with E-state index in [1.165, 1.54) is 0 Å². The van der Waals surface area contributed by atoms with Crippen LogP contribution in [0.1, 0.15) is 13.8 Å². The molecule has 2 saturated heterocycles. The van der Waals surface area contributed by atoms with Gasteiger partial charge in [-0.05, 0) is 24.9 Å². The van der Waals surface area contributed by atoms with Crippen molar-refractivity contribution in [3.05, 3.63) is 0 Å². The lowest BCUT2D eigenvalue weighted by Gasteiger charge is -2.19. The summed E-state index contributed by atoms with van der Waals surface area (Å²) in [7, 11) is 0. The highest BCUT2D eigenvalue weighted by Gasteiger charge is 2.48. The fourth-order valence-electron chi connectivity index (χ4n) is 2.43. The number of hydrogen-bond donors (Lipinski definition) is 2. The molecule has 0 aliphatic carbocycles. The van der Waals surface area contributed by atoms with Crippen molar-refractivity contribution in [3.63, 3.8) is 0 Å². The summed E-state index contributed by atoms with van der Waals surface area (Å²) in [5, 5.41) is 0. The van der Waals surface area contributed by atoms with Gasteiger partial charge in [-0.1, -0.05) is 13.8 Å². The highest BCUT2D eigenvalue weighted by atomic mass is 16.6. The van der Waals surface area contributed by atoms with Gasteiger partial charge in [0.2, 0.25) is 0 Å². The Hall–Kier alpha value is -0.240. The van der Waals surface area contributed by atoms with Gasteiger partial charge in [0.1, 0.15) is 24.4 Å². The van der Waals surface area contributed by atoms with Gasteiger partial charge in [0.15, 0.2) is 0 Å². The molecule has 0 saturated carbocycles. The van der Waals surface area contributed by atoms with E-state index in [4.69, 9.17) is 30.4 Å². The molecule has 2 fully saturated rings. The van der Waals surface area contributed by atoms with Crippen molar-refractivity contribution in [1.29, 1.82) is 0 Å². The molecule has 0 bridgehead atoms. The van der Waals surface area contributed by atoms with Crippen LogP contribution in [0.2, 0.25) is 0 Å². The lowest BCUT2D eigenvalue weighted by atomic mass is 10.1. The molecule has 6 nitrogen and oxygen atoms in total. The van der Waals surface area contributed by atoms with E-state index < -0.39 is 0 Å². The first-order valence-electron chi connectivity index (χ1n) is 7.52. The van der Waals surface area contributed by atoms with Gasteiger partial charge in [-0.2, -0.15) is 0 Å². The Kier molecular flexibility index (Phi) is 6.20. The Balaban J connectivity index is 1.76. The summed E-state index contributed by atoms with van der Waals surface area (Å²) in [4.78, 5) is 0. The third-order valence-electron chi connectivity index (χ3n) is 3.96. The number of ether oxygens (including phenoxy) is 4. The highest BCUT2D eigenvalue weighted by Crippen LogP contribution is 2.30. The third-order valence-corrected chi connectivity index (χ3v) is 3.96. The summed E-state index contributed by atoms with van der Waals surface area (Å²) < 4.78 is 23.3. The summed E-state index contributed by atoms with van der Waals surface area (Å²) in [5.41, 5.74) is 11.2. The molecule has 0 aromatic rings. The zero-order valence-corrected chi connectivity index (χ0v) is 12.5. The number of nitrogens with two attached hydrogens (primary N) is 2. The fraction of sp³-hybridized carbons (Fsp3) is 1.00. The van der Waals surface area contributed by atoms with Gasteiger partial charge in [-0.3, -0.25) is 0 Å². The second kappa shape index (κ2) is 7.68. The first-order chi connectivity index (χ1) is 9.65. The van der Waals surface area contributed by atoms with E-state index in [0.717, 1.165) is 0 Å². The molecule has 0 spiro atoms. The predicted octanol–water partition coefficient (Wildman–Crippen LogP) is -0.256. The molecule has 2 aliphatic heterocycles. The van der Waals surface area contributed by atoms with Crippen molar-refractivity contribution in [2.24, 2.45) is 23.3 Å². The molecule has 0 amide bonds. The molecule has 0 aromatic heterocycles. The lowest BCUT2D eigenvalue weighted by molar-refractivity contribution is -0.0588. The van der Waals surface area contributed by atoms with Gasteiger partial charge in [0, 0.05) is 0 Å². The Morgan fingerprint density at radius 1 is 0.900 bits per heavy atom. The highest BCUT2D eigenvalue weighted by molar-refractivity contribution is 4.96. The molecule has 0 aromatic carbocycles. The van der Waals surface area contributed by atoms with Gasteiger partial charge in [-0.15, -0.1) is 0 Å². The minimum Gasteiger partial charge on any atom is -0.373 e. The van der Waals surface area contributed by atoms with Crippen LogP contribution in [0.3, 0.4) is 0 Å². The average molecular weight is 288 g/mol. The molecular formula is C14H28N2O4. The standard InChI is InChI=1S/C14H28N2O4/c1-9(3-15)5-17-11-7-19-14-12(8-20-13(11)14)18-6-10(2)4-16/h9-14H,3-8,15-16H2,1-2H3/t9?,10?,11-,12-,13?,14?/m0/s1. The molecule has 6 heteroatoms. The largest absolute Gasteiger partial charge is 0.373 e. The first kappa shape index (κ1) is 16.1. The van der Waals surface area contributed by atoms with Crippen LogP contribution < -0.4 is 11.5 Å². The van der Waals surface area contributed by atoms with Crippen LogP contribution in [0.5, 0.6) is 0 Å². The number of fused-ring (bicyclic) bond motifs is 1. The number of hydrogen-bond acceptors (Lipinski definition) is 6. The molecule has 2 aliphatic rings. The summed E-state index contributed by atoms with van der Waals surface area (Å²) in [6.45, 7) is 7.83. The molecule has 2 rings (SSSR count). The van der Waals surface area contributed by atoms with E-state index in [9.17, 15) is 0 Å². The molecule has 0 radical (unpaired) electrons. The lowest BCUT2D eigenvalue weighted by Crippen LogP contribution is -2.36. The summed E-state index contributed by atoms with van der Waals surface area (Å²) in [5.74, 6) is 0.709. The summed E-state index contributed by atoms with van der Waals surface area (Å²) >= 11 is 0. The van der Waals surface area contributed by atoms with E-state index >= 15 is 0 Å². The van der Waals surface area contributed by atoms with Gasteiger partial charge in [0.05, 0.1) is 26.4 Å². The van der Waals surface area contributed by atoms with Crippen molar-refractivity contribution in [2.45, 2.75) is 38.3 Å². The van der Waals surface area contributed by atoms with E-state index in [1.807, 2.05) is 0 Å². The maximum Gasteiger partial charge on any atom is 0.115 e.